The van der Waals surface area contributed by atoms with E-state index in [2.05, 4.69) is 0 Å². The summed E-state index contributed by atoms with van der Waals surface area (Å²) < 4.78 is 1.39. The lowest BCUT2D eigenvalue weighted by Gasteiger charge is -2.39. The molecule has 1 N–H and O–H groups in total. The second kappa shape index (κ2) is 5.17. The van der Waals surface area contributed by atoms with Crippen LogP contribution >= 0.6 is 0 Å². The van der Waals surface area contributed by atoms with Crippen LogP contribution < -0.4 is 5.56 Å². The highest BCUT2D eigenvalue weighted by Gasteiger charge is 2.36. The van der Waals surface area contributed by atoms with Gasteiger partial charge in [-0.2, -0.15) is 0 Å². The molecule has 1 aromatic rings. The highest BCUT2D eigenvalue weighted by molar-refractivity contribution is 5.75. The van der Waals surface area contributed by atoms with E-state index in [0.717, 1.165) is 24.8 Å². The van der Waals surface area contributed by atoms with Crippen LogP contribution in [0.1, 0.15) is 24.8 Å². The van der Waals surface area contributed by atoms with Crippen molar-refractivity contribution in [1.82, 2.24) is 9.47 Å². The first-order chi connectivity index (χ1) is 8.89. The van der Waals surface area contributed by atoms with E-state index in [9.17, 15) is 14.7 Å². The van der Waals surface area contributed by atoms with Crippen LogP contribution in [0.15, 0.2) is 23.1 Å². The van der Waals surface area contributed by atoms with Gasteiger partial charge in [0, 0.05) is 25.9 Å². The van der Waals surface area contributed by atoms with Crippen LogP contribution in [0.25, 0.3) is 0 Å². The number of rotatable bonds is 4. The van der Waals surface area contributed by atoms with Crippen molar-refractivity contribution in [2.24, 2.45) is 0 Å². The Kier molecular flexibility index (Phi) is 3.75. The molecule has 1 heterocycles. The highest BCUT2D eigenvalue weighted by atomic mass is 16.3. The Balaban J connectivity index is 1.98. The molecule has 1 saturated carbocycles. The first kappa shape index (κ1) is 13.8. The molecule has 0 atom stereocenters. The number of carbonyl (C=O) groups is 1. The third-order valence-electron chi connectivity index (χ3n) is 3.70. The maximum atomic E-state index is 12.0. The maximum Gasteiger partial charge on any atom is 0.251 e. The molecule has 5 heteroatoms. The molecule has 5 nitrogen and oxygen atoms in total. The van der Waals surface area contributed by atoms with E-state index in [4.69, 9.17) is 0 Å². The molecule has 0 unspecified atom stereocenters. The zero-order valence-electron chi connectivity index (χ0n) is 11.4. The lowest BCUT2D eigenvalue weighted by atomic mass is 9.80. The predicted molar refractivity (Wildman–Crippen MR) is 71.9 cm³/mol. The first-order valence-electron chi connectivity index (χ1n) is 6.53. The fourth-order valence-electron chi connectivity index (χ4n) is 2.28. The van der Waals surface area contributed by atoms with Gasteiger partial charge in [-0.15, -0.1) is 0 Å². The average molecular weight is 264 g/mol. The summed E-state index contributed by atoms with van der Waals surface area (Å²) in [5.74, 6) is -0.161. The van der Waals surface area contributed by atoms with Crippen molar-refractivity contribution >= 4 is 5.91 Å². The molecule has 0 spiro atoms. The van der Waals surface area contributed by atoms with Gasteiger partial charge in [0.1, 0.15) is 6.54 Å². The van der Waals surface area contributed by atoms with E-state index >= 15 is 0 Å². The number of pyridine rings is 1. The predicted octanol–water partition coefficient (Wildman–Crippen LogP) is 0.530. The van der Waals surface area contributed by atoms with Gasteiger partial charge >= 0.3 is 0 Å². The molecular formula is C14H20N2O3. The summed E-state index contributed by atoms with van der Waals surface area (Å²) in [6.45, 7) is 2.20. The van der Waals surface area contributed by atoms with Crippen molar-refractivity contribution in [3.63, 3.8) is 0 Å². The molecule has 0 bridgehead atoms. The second-order valence-corrected chi connectivity index (χ2v) is 5.50. The van der Waals surface area contributed by atoms with Crippen molar-refractivity contribution in [3.8, 4) is 0 Å². The first-order valence-corrected chi connectivity index (χ1v) is 6.53. The van der Waals surface area contributed by atoms with Crippen molar-refractivity contribution < 1.29 is 9.90 Å². The molecule has 1 amide bonds. The number of amides is 1. The number of hydrogen-bond acceptors (Lipinski definition) is 3. The van der Waals surface area contributed by atoms with Gasteiger partial charge in [-0.3, -0.25) is 9.59 Å². The largest absolute Gasteiger partial charge is 0.388 e. The highest BCUT2D eigenvalue weighted by Crippen LogP contribution is 2.31. The molecule has 104 valence electrons. The smallest absolute Gasteiger partial charge is 0.251 e. The van der Waals surface area contributed by atoms with Gasteiger partial charge < -0.3 is 14.6 Å². The van der Waals surface area contributed by atoms with Crippen molar-refractivity contribution in [3.05, 3.63) is 34.2 Å². The molecule has 0 aliphatic heterocycles. The van der Waals surface area contributed by atoms with Gasteiger partial charge in [0.05, 0.1) is 5.60 Å². The Bertz CT molecular complexity index is 532. The van der Waals surface area contributed by atoms with Gasteiger partial charge in [-0.05, 0) is 37.8 Å². The quantitative estimate of drug-likeness (QED) is 0.863. The van der Waals surface area contributed by atoms with Crippen molar-refractivity contribution in [2.45, 2.75) is 38.3 Å². The maximum absolute atomic E-state index is 12.0. The molecule has 0 saturated heterocycles. The molecule has 0 radical (unpaired) electrons. The number of carbonyl (C=O) groups excluding carboxylic acids is 1. The summed E-state index contributed by atoms with van der Waals surface area (Å²) >= 11 is 0. The van der Waals surface area contributed by atoms with Crippen LogP contribution in [0.2, 0.25) is 0 Å². The van der Waals surface area contributed by atoms with Crippen LogP contribution in [0, 0.1) is 6.92 Å². The minimum absolute atomic E-state index is 0.0195. The molecule has 1 aliphatic rings. The third kappa shape index (κ3) is 3.23. The van der Waals surface area contributed by atoms with Crippen molar-refractivity contribution in [2.75, 3.05) is 13.6 Å². The lowest BCUT2D eigenvalue weighted by molar-refractivity contribution is -0.136. The Labute approximate surface area is 112 Å². The number of aryl methyl sites for hydroxylation is 1. The molecule has 19 heavy (non-hydrogen) atoms. The Morgan fingerprint density at radius 1 is 1.53 bits per heavy atom. The van der Waals surface area contributed by atoms with E-state index in [0.29, 0.717) is 6.54 Å². The topological polar surface area (TPSA) is 62.5 Å². The van der Waals surface area contributed by atoms with Crippen LogP contribution in [0.5, 0.6) is 0 Å². The molecule has 2 rings (SSSR count). The van der Waals surface area contributed by atoms with Crippen LogP contribution in [0.3, 0.4) is 0 Å². The zero-order valence-corrected chi connectivity index (χ0v) is 11.4. The Hall–Kier alpha value is -1.62. The fraction of sp³-hybridized carbons (Fsp3) is 0.571. The molecule has 1 aliphatic carbocycles. The molecular weight excluding hydrogens is 244 g/mol. The van der Waals surface area contributed by atoms with Crippen LogP contribution in [-0.4, -0.2) is 39.7 Å². The standard InChI is InChI=1S/C14H20N2O3/c1-11-4-7-16(12(17)8-11)9-13(18)15(2)10-14(19)5-3-6-14/h4,7-8,19H,3,5-6,9-10H2,1-2H3. The van der Waals surface area contributed by atoms with Gasteiger partial charge in [-0.25, -0.2) is 0 Å². The number of aromatic nitrogens is 1. The fourth-order valence-corrected chi connectivity index (χ4v) is 2.28. The third-order valence-corrected chi connectivity index (χ3v) is 3.70. The number of nitrogens with zero attached hydrogens (tertiary/aromatic N) is 2. The summed E-state index contributed by atoms with van der Waals surface area (Å²) in [5.41, 5.74) is -0.0159. The van der Waals surface area contributed by atoms with Crippen molar-refractivity contribution in [1.29, 1.82) is 0 Å². The minimum Gasteiger partial charge on any atom is -0.388 e. The Morgan fingerprint density at radius 3 is 2.74 bits per heavy atom. The summed E-state index contributed by atoms with van der Waals surface area (Å²) in [4.78, 5) is 25.2. The van der Waals surface area contributed by atoms with Crippen LogP contribution in [0.4, 0.5) is 0 Å². The Morgan fingerprint density at radius 2 is 2.21 bits per heavy atom. The van der Waals surface area contributed by atoms with Gasteiger partial charge in [0.2, 0.25) is 5.91 Å². The van der Waals surface area contributed by atoms with E-state index < -0.39 is 5.60 Å². The molecule has 1 fully saturated rings. The second-order valence-electron chi connectivity index (χ2n) is 5.50. The van der Waals surface area contributed by atoms with Crippen LogP contribution in [-0.2, 0) is 11.3 Å². The van der Waals surface area contributed by atoms with Gasteiger partial charge in [0.15, 0.2) is 0 Å². The average Bonchev–Trinajstić information content (AvgIpc) is 2.30. The van der Waals surface area contributed by atoms with E-state index in [1.807, 2.05) is 6.92 Å². The lowest BCUT2D eigenvalue weighted by Crippen LogP contribution is -2.49. The molecule has 1 aromatic heterocycles. The van der Waals surface area contributed by atoms with E-state index in [1.165, 1.54) is 15.5 Å². The van der Waals surface area contributed by atoms with Gasteiger partial charge in [0.25, 0.3) is 5.56 Å². The number of hydrogen-bond donors (Lipinski definition) is 1. The summed E-state index contributed by atoms with van der Waals surface area (Å²) in [7, 11) is 1.66. The van der Waals surface area contributed by atoms with E-state index in [-0.39, 0.29) is 18.0 Å². The number of likely N-dealkylation sites (N-methyl/N-ethyl adjacent to an activating group) is 1. The summed E-state index contributed by atoms with van der Waals surface area (Å²) in [6.07, 6.45) is 4.13. The monoisotopic (exact) mass is 264 g/mol. The SMILES string of the molecule is Cc1ccn(CC(=O)N(C)CC2(O)CCC2)c(=O)c1. The normalized spacial score (nSPS) is 16.8. The number of aliphatic hydroxyl groups is 1. The minimum atomic E-state index is -0.720. The van der Waals surface area contributed by atoms with Gasteiger partial charge in [-0.1, -0.05) is 0 Å². The summed E-state index contributed by atoms with van der Waals surface area (Å²) in [6, 6.07) is 3.31. The van der Waals surface area contributed by atoms with E-state index in [1.54, 1.807) is 19.3 Å². The summed E-state index contributed by atoms with van der Waals surface area (Å²) in [5, 5.41) is 10.0. The zero-order chi connectivity index (χ0) is 14.0. The molecule has 0 aromatic carbocycles.